The first-order valence-corrected chi connectivity index (χ1v) is 11.8. The molecule has 0 heterocycles. The molecule has 0 aliphatic carbocycles. The number of carbonyl (C=O) groups excluding carboxylic acids is 1. The first-order chi connectivity index (χ1) is 14.9. The number of hydrogen-bond donors (Lipinski definition) is 1. The van der Waals surface area contributed by atoms with E-state index in [9.17, 15) is 10.1 Å². The predicted octanol–water partition coefficient (Wildman–Crippen LogP) is 7.33. The van der Waals surface area contributed by atoms with E-state index in [1.165, 1.54) is 0 Å². The van der Waals surface area contributed by atoms with E-state index in [0.717, 1.165) is 24.0 Å². The number of hydrogen-bond acceptors (Lipinski definition) is 3. The average Bonchev–Trinajstić information content (AvgIpc) is 2.72. The van der Waals surface area contributed by atoms with E-state index < -0.39 is 5.91 Å². The van der Waals surface area contributed by atoms with Crippen LogP contribution in [0.4, 0.5) is 5.69 Å². The number of ether oxygens (including phenoxy) is 1. The molecule has 0 bridgehead atoms. The van der Waals surface area contributed by atoms with Crippen LogP contribution >= 0.6 is 68.4 Å². The van der Waals surface area contributed by atoms with Crippen LogP contribution in [0.15, 0.2) is 66.2 Å². The molecule has 0 aromatic heterocycles. The van der Waals surface area contributed by atoms with Gasteiger partial charge < -0.3 is 10.1 Å². The molecule has 0 spiro atoms. The molecule has 0 radical (unpaired) electrons. The van der Waals surface area contributed by atoms with Crippen molar-refractivity contribution in [1.82, 2.24) is 0 Å². The van der Waals surface area contributed by atoms with E-state index >= 15 is 0 Å². The van der Waals surface area contributed by atoms with Crippen LogP contribution in [-0.2, 0) is 11.4 Å². The Bertz CT molecular complexity index is 1180. The van der Waals surface area contributed by atoms with Gasteiger partial charge in [-0.25, -0.2) is 0 Å². The van der Waals surface area contributed by atoms with Crippen molar-refractivity contribution in [2.45, 2.75) is 6.61 Å². The zero-order valence-corrected chi connectivity index (χ0v) is 21.7. The number of carbonyl (C=O) groups is 1. The number of nitriles is 1. The van der Waals surface area contributed by atoms with E-state index in [1.54, 1.807) is 30.3 Å². The third-order valence-corrected chi connectivity index (χ3v) is 6.32. The summed E-state index contributed by atoms with van der Waals surface area (Å²) in [5.41, 5.74) is 2.11. The van der Waals surface area contributed by atoms with Gasteiger partial charge >= 0.3 is 0 Å². The zero-order chi connectivity index (χ0) is 22.4. The van der Waals surface area contributed by atoms with E-state index in [-0.39, 0.29) is 5.57 Å². The molecule has 156 valence electrons. The number of nitrogens with one attached hydrogen (secondary N) is 1. The minimum absolute atomic E-state index is 0.0173. The van der Waals surface area contributed by atoms with Gasteiger partial charge in [0.25, 0.3) is 5.91 Å². The van der Waals surface area contributed by atoms with Crippen molar-refractivity contribution in [3.05, 3.63) is 94.5 Å². The highest BCUT2D eigenvalue weighted by Crippen LogP contribution is 2.31. The normalized spacial score (nSPS) is 11.0. The molecule has 1 N–H and O–H groups in total. The molecule has 3 aromatic carbocycles. The topological polar surface area (TPSA) is 62.1 Å². The first kappa shape index (κ1) is 23.9. The number of halogens is 4. The molecule has 0 aliphatic heterocycles. The van der Waals surface area contributed by atoms with Crippen molar-refractivity contribution in [2.75, 3.05) is 5.32 Å². The Hall–Kier alpha value is -1.80. The Labute approximate surface area is 217 Å². The fourth-order valence-electron chi connectivity index (χ4n) is 2.65. The van der Waals surface area contributed by atoms with Gasteiger partial charge in [-0.1, -0.05) is 47.5 Å². The van der Waals surface area contributed by atoms with Crippen molar-refractivity contribution in [3.63, 3.8) is 0 Å². The summed E-state index contributed by atoms with van der Waals surface area (Å²) < 4.78 is 7.70. The molecule has 3 rings (SSSR count). The van der Waals surface area contributed by atoms with Gasteiger partial charge in [-0.05, 0) is 93.2 Å². The summed E-state index contributed by atoms with van der Waals surface area (Å²) in [5.74, 6) is 0.217. The maximum atomic E-state index is 12.5. The second-order valence-electron chi connectivity index (χ2n) is 6.33. The molecule has 0 saturated carbocycles. The predicted molar refractivity (Wildman–Crippen MR) is 141 cm³/mol. The third kappa shape index (κ3) is 6.59. The zero-order valence-electron chi connectivity index (χ0n) is 15.8. The van der Waals surface area contributed by atoms with Crippen molar-refractivity contribution >= 4 is 86.1 Å². The lowest BCUT2D eigenvalue weighted by molar-refractivity contribution is -0.112. The van der Waals surface area contributed by atoms with E-state index in [2.05, 4.69) is 50.5 Å². The monoisotopic (exact) mass is 674 g/mol. The first-order valence-electron chi connectivity index (χ1n) is 8.91. The number of benzene rings is 3. The van der Waals surface area contributed by atoms with Gasteiger partial charge in [-0.2, -0.15) is 5.26 Å². The number of rotatable bonds is 6. The molecule has 0 saturated heterocycles. The summed E-state index contributed by atoms with van der Waals surface area (Å²) in [4.78, 5) is 12.5. The molecule has 0 atom stereocenters. The van der Waals surface area contributed by atoms with Crippen LogP contribution < -0.4 is 10.1 Å². The summed E-state index contributed by atoms with van der Waals surface area (Å²) in [6.45, 7) is 0.340. The van der Waals surface area contributed by atoms with Crippen LogP contribution in [0, 0.1) is 18.5 Å². The molecular weight excluding hydrogens is 661 g/mol. The Morgan fingerprint density at radius 2 is 1.77 bits per heavy atom. The van der Waals surface area contributed by atoms with E-state index in [1.807, 2.05) is 42.5 Å². The summed E-state index contributed by atoms with van der Waals surface area (Å²) >= 11 is 16.5. The lowest BCUT2D eigenvalue weighted by Gasteiger charge is -2.12. The Morgan fingerprint density at radius 1 is 1.06 bits per heavy atom. The van der Waals surface area contributed by atoms with Gasteiger partial charge in [-0.3, -0.25) is 4.79 Å². The van der Waals surface area contributed by atoms with Crippen molar-refractivity contribution in [3.8, 4) is 11.8 Å². The largest absolute Gasteiger partial charge is 0.487 e. The minimum atomic E-state index is -0.506. The van der Waals surface area contributed by atoms with Crippen molar-refractivity contribution in [1.29, 1.82) is 5.26 Å². The molecule has 0 unspecified atom stereocenters. The third-order valence-electron chi connectivity index (χ3n) is 4.11. The maximum absolute atomic E-state index is 12.5. The lowest BCUT2D eigenvalue weighted by Crippen LogP contribution is -2.13. The Kier molecular flexibility index (Phi) is 8.60. The summed E-state index contributed by atoms with van der Waals surface area (Å²) in [7, 11) is 0. The van der Waals surface area contributed by atoms with Gasteiger partial charge in [-0.15, -0.1) is 0 Å². The summed E-state index contributed by atoms with van der Waals surface area (Å²) in [6, 6.07) is 19.9. The van der Waals surface area contributed by atoms with Gasteiger partial charge in [0.05, 0.1) is 7.14 Å². The highest BCUT2D eigenvalue weighted by molar-refractivity contribution is 14.1. The molecule has 0 aliphatic rings. The number of nitrogens with zero attached hydrogens (tertiary/aromatic N) is 1. The van der Waals surface area contributed by atoms with Crippen LogP contribution in [0.25, 0.3) is 6.08 Å². The van der Waals surface area contributed by atoms with Gasteiger partial charge in [0.2, 0.25) is 0 Å². The molecule has 1 amide bonds. The Morgan fingerprint density at radius 3 is 2.42 bits per heavy atom. The van der Waals surface area contributed by atoms with Gasteiger partial charge in [0.15, 0.2) is 0 Å². The molecule has 3 aromatic rings. The van der Waals surface area contributed by atoms with Crippen LogP contribution in [-0.4, -0.2) is 5.91 Å². The fraction of sp³-hybridized carbons (Fsp3) is 0.0435. The highest BCUT2D eigenvalue weighted by atomic mass is 127. The summed E-state index contributed by atoms with van der Waals surface area (Å²) in [5, 5.41) is 13.3. The minimum Gasteiger partial charge on any atom is -0.487 e. The molecule has 0 fully saturated rings. The van der Waals surface area contributed by atoms with Crippen LogP contribution in [0.3, 0.4) is 0 Å². The quantitative estimate of drug-likeness (QED) is 0.169. The smallest absolute Gasteiger partial charge is 0.266 e. The van der Waals surface area contributed by atoms with Crippen LogP contribution in [0.2, 0.25) is 10.0 Å². The van der Waals surface area contributed by atoms with Crippen molar-refractivity contribution in [2.24, 2.45) is 0 Å². The molecule has 8 heteroatoms. The van der Waals surface area contributed by atoms with Crippen molar-refractivity contribution < 1.29 is 9.53 Å². The number of amides is 1. The Balaban J connectivity index is 1.78. The van der Waals surface area contributed by atoms with Gasteiger partial charge in [0.1, 0.15) is 24.0 Å². The highest BCUT2D eigenvalue weighted by Gasteiger charge is 2.13. The van der Waals surface area contributed by atoms with Crippen LogP contribution in [0.5, 0.6) is 5.75 Å². The molecule has 4 nitrogen and oxygen atoms in total. The second kappa shape index (κ2) is 11.2. The second-order valence-corrected chi connectivity index (χ2v) is 9.50. The van der Waals surface area contributed by atoms with Crippen LogP contribution in [0.1, 0.15) is 11.1 Å². The standard InChI is InChI=1S/C23H14Cl2I2N2O2/c24-17-5-3-6-18(11-17)29-23(30)16(12-28)8-14-9-20(26)22(21(27)10-14)31-13-15-4-1-2-7-19(15)25/h1-11H,13H2,(H,29,30)/b16-8+. The lowest BCUT2D eigenvalue weighted by atomic mass is 10.1. The van der Waals surface area contributed by atoms with Gasteiger partial charge in [0, 0.05) is 21.3 Å². The number of anilines is 1. The molecule has 31 heavy (non-hydrogen) atoms. The SMILES string of the molecule is N#C/C(=C\c1cc(I)c(OCc2ccccc2Cl)c(I)c1)C(=O)Nc1cccc(Cl)c1. The summed E-state index contributed by atoms with van der Waals surface area (Å²) in [6.07, 6.45) is 1.54. The average molecular weight is 675 g/mol. The maximum Gasteiger partial charge on any atom is 0.266 e. The van der Waals surface area contributed by atoms with E-state index in [4.69, 9.17) is 27.9 Å². The van der Waals surface area contributed by atoms with E-state index in [0.29, 0.717) is 22.3 Å². The molecular formula is C23H14Cl2I2N2O2. The fourth-order valence-corrected chi connectivity index (χ4v) is 5.15.